The van der Waals surface area contributed by atoms with Gasteiger partial charge >= 0.3 is 0 Å². The molecule has 2 aromatic rings. The van der Waals surface area contributed by atoms with Crippen molar-refractivity contribution in [2.45, 2.75) is 5.54 Å². The van der Waals surface area contributed by atoms with Crippen LogP contribution in [0.4, 0.5) is 5.69 Å². The number of aromatic nitrogens is 1. The number of anilines is 1. The van der Waals surface area contributed by atoms with Crippen molar-refractivity contribution in [2.75, 3.05) is 11.9 Å². The standard InChI is InChI=1S/C14H12N2/c1-2-6-13-12(5-1)14(10-15-13)8-7-11-4-3-9-16(11)14/h1-9,15H,10H2. The van der Waals surface area contributed by atoms with Gasteiger partial charge in [-0.25, -0.2) is 0 Å². The Kier molecular flexibility index (Phi) is 1.33. The van der Waals surface area contributed by atoms with E-state index < -0.39 is 0 Å². The van der Waals surface area contributed by atoms with E-state index >= 15 is 0 Å². The molecule has 78 valence electrons. The van der Waals surface area contributed by atoms with Gasteiger partial charge in [-0.1, -0.05) is 24.3 Å². The molecule has 1 aromatic heterocycles. The summed E-state index contributed by atoms with van der Waals surface area (Å²) < 4.78 is 2.35. The summed E-state index contributed by atoms with van der Waals surface area (Å²) in [6, 6.07) is 12.8. The van der Waals surface area contributed by atoms with Gasteiger partial charge in [-0.2, -0.15) is 0 Å². The highest BCUT2D eigenvalue weighted by Gasteiger charge is 2.40. The highest BCUT2D eigenvalue weighted by Crippen LogP contribution is 2.43. The zero-order valence-corrected chi connectivity index (χ0v) is 8.85. The van der Waals surface area contributed by atoms with E-state index in [1.807, 2.05) is 0 Å². The summed E-state index contributed by atoms with van der Waals surface area (Å²) in [5.41, 5.74) is 3.93. The molecular weight excluding hydrogens is 196 g/mol. The van der Waals surface area contributed by atoms with E-state index in [0.717, 1.165) is 6.54 Å². The molecule has 0 aliphatic carbocycles. The molecule has 3 heterocycles. The Labute approximate surface area is 94.2 Å². The van der Waals surface area contributed by atoms with E-state index in [2.05, 4.69) is 64.6 Å². The minimum atomic E-state index is 0.00935. The van der Waals surface area contributed by atoms with Crippen LogP contribution in [0.15, 0.2) is 48.7 Å². The number of nitrogens with one attached hydrogen (secondary N) is 1. The maximum atomic E-state index is 3.49. The second kappa shape index (κ2) is 2.59. The van der Waals surface area contributed by atoms with Gasteiger partial charge in [0.05, 0.1) is 0 Å². The molecule has 0 amide bonds. The Balaban J connectivity index is 2.02. The minimum Gasteiger partial charge on any atom is -0.382 e. The van der Waals surface area contributed by atoms with Crippen LogP contribution in [0.2, 0.25) is 0 Å². The van der Waals surface area contributed by atoms with Gasteiger partial charge in [0.25, 0.3) is 0 Å². The van der Waals surface area contributed by atoms with Crippen LogP contribution < -0.4 is 5.32 Å². The lowest BCUT2D eigenvalue weighted by Crippen LogP contribution is -2.32. The molecular formula is C14H12N2. The van der Waals surface area contributed by atoms with Gasteiger partial charge in [0, 0.05) is 29.7 Å². The lowest BCUT2D eigenvalue weighted by molar-refractivity contribution is 0.508. The molecule has 2 nitrogen and oxygen atoms in total. The van der Waals surface area contributed by atoms with Crippen LogP contribution in [0.1, 0.15) is 11.3 Å². The average molecular weight is 208 g/mol. The number of hydrogen-bond acceptors (Lipinski definition) is 1. The minimum absolute atomic E-state index is 0.00935. The molecule has 1 atom stereocenters. The van der Waals surface area contributed by atoms with Crippen molar-refractivity contribution in [3.8, 4) is 0 Å². The molecule has 2 aliphatic heterocycles. The lowest BCUT2D eigenvalue weighted by atomic mass is 9.93. The smallest absolute Gasteiger partial charge is 0.108 e. The number of nitrogens with zero attached hydrogens (tertiary/aromatic N) is 1. The number of para-hydroxylation sites is 1. The van der Waals surface area contributed by atoms with Gasteiger partial charge in [-0.15, -0.1) is 0 Å². The van der Waals surface area contributed by atoms with Crippen LogP contribution in [0.3, 0.4) is 0 Å². The first-order chi connectivity index (χ1) is 7.90. The van der Waals surface area contributed by atoms with Crippen molar-refractivity contribution in [1.29, 1.82) is 0 Å². The highest BCUT2D eigenvalue weighted by atomic mass is 15.1. The first-order valence-electron chi connectivity index (χ1n) is 5.61. The second-order valence-electron chi connectivity index (χ2n) is 4.46. The van der Waals surface area contributed by atoms with Crippen LogP contribution in [0.5, 0.6) is 0 Å². The summed E-state index contributed by atoms with van der Waals surface area (Å²) in [6.45, 7) is 0.949. The Morgan fingerprint density at radius 1 is 1.12 bits per heavy atom. The molecule has 4 rings (SSSR count). The summed E-state index contributed by atoms with van der Waals surface area (Å²) in [5, 5.41) is 3.49. The Morgan fingerprint density at radius 2 is 2.06 bits per heavy atom. The lowest BCUT2D eigenvalue weighted by Gasteiger charge is -2.25. The molecule has 2 aliphatic rings. The fourth-order valence-corrected chi connectivity index (χ4v) is 2.90. The maximum absolute atomic E-state index is 3.49. The quantitative estimate of drug-likeness (QED) is 0.704. The molecule has 0 radical (unpaired) electrons. The summed E-state index contributed by atoms with van der Waals surface area (Å²) in [4.78, 5) is 0. The summed E-state index contributed by atoms with van der Waals surface area (Å²) in [5.74, 6) is 0. The number of benzene rings is 1. The summed E-state index contributed by atoms with van der Waals surface area (Å²) in [6.07, 6.45) is 6.68. The largest absolute Gasteiger partial charge is 0.382 e. The molecule has 0 saturated carbocycles. The van der Waals surface area contributed by atoms with E-state index in [0.29, 0.717) is 0 Å². The predicted octanol–water partition coefficient (Wildman–Crippen LogP) is 2.68. The normalized spacial score (nSPS) is 24.5. The van der Waals surface area contributed by atoms with Crippen molar-refractivity contribution in [1.82, 2.24) is 4.57 Å². The van der Waals surface area contributed by atoms with Gasteiger partial charge in [-0.05, 0) is 24.3 Å². The first kappa shape index (κ1) is 8.22. The zero-order chi connectivity index (χ0) is 10.6. The van der Waals surface area contributed by atoms with E-state index in [9.17, 15) is 0 Å². The van der Waals surface area contributed by atoms with E-state index in [4.69, 9.17) is 0 Å². The van der Waals surface area contributed by atoms with Gasteiger partial charge in [-0.3, -0.25) is 0 Å². The van der Waals surface area contributed by atoms with Crippen molar-refractivity contribution in [3.05, 3.63) is 59.9 Å². The second-order valence-corrected chi connectivity index (χ2v) is 4.46. The maximum Gasteiger partial charge on any atom is 0.108 e. The van der Waals surface area contributed by atoms with Gasteiger partial charge in [0.2, 0.25) is 0 Å². The highest BCUT2D eigenvalue weighted by molar-refractivity contribution is 5.68. The topological polar surface area (TPSA) is 17.0 Å². The predicted molar refractivity (Wildman–Crippen MR) is 65.5 cm³/mol. The average Bonchev–Trinajstić information content (AvgIpc) is 2.99. The molecule has 2 heteroatoms. The number of fused-ring (bicyclic) bond motifs is 4. The molecule has 16 heavy (non-hydrogen) atoms. The molecule has 0 bridgehead atoms. The SMILES string of the molecule is C1=CC2(CNc3ccccc32)n2cccc21. The summed E-state index contributed by atoms with van der Waals surface area (Å²) in [7, 11) is 0. The third-order valence-electron chi connectivity index (χ3n) is 3.68. The first-order valence-corrected chi connectivity index (χ1v) is 5.61. The fourth-order valence-electron chi connectivity index (χ4n) is 2.90. The third kappa shape index (κ3) is 0.792. The fraction of sp³-hybridized carbons (Fsp3) is 0.143. The van der Waals surface area contributed by atoms with E-state index in [-0.39, 0.29) is 5.54 Å². The van der Waals surface area contributed by atoms with Gasteiger partial charge < -0.3 is 9.88 Å². The van der Waals surface area contributed by atoms with Crippen LogP contribution >= 0.6 is 0 Å². The molecule has 1 N–H and O–H groups in total. The van der Waals surface area contributed by atoms with Gasteiger partial charge in [0.1, 0.15) is 5.54 Å². The third-order valence-corrected chi connectivity index (χ3v) is 3.68. The van der Waals surface area contributed by atoms with Crippen molar-refractivity contribution < 1.29 is 0 Å². The Morgan fingerprint density at radius 3 is 3.06 bits per heavy atom. The zero-order valence-electron chi connectivity index (χ0n) is 8.85. The van der Waals surface area contributed by atoms with Crippen LogP contribution in [0, 0.1) is 0 Å². The summed E-state index contributed by atoms with van der Waals surface area (Å²) >= 11 is 0. The van der Waals surface area contributed by atoms with E-state index in [1.165, 1.54) is 16.9 Å². The Hall–Kier alpha value is -1.96. The van der Waals surface area contributed by atoms with Gasteiger partial charge in [0.15, 0.2) is 0 Å². The molecule has 0 fully saturated rings. The van der Waals surface area contributed by atoms with Crippen LogP contribution in [-0.2, 0) is 5.54 Å². The monoisotopic (exact) mass is 208 g/mol. The number of rotatable bonds is 0. The van der Waals surface area contributed by atoms with Crippen LogP contribution in [0.25, 0.3) is 6.08 Å². The van der Waals surface area contributed by atoms with Crippen LogP contribution in [-0.4, -0.2) is 11.1 Å². The Bertz CT molecular complexity index is 594. The number of hydrogen-bond donors (Lipinski definition) is 1. The van der Waals surface area contributed by atoms with Crippen molar-refractivity contribution >= 4 is 11.8 Å². The molecule has 0 saturated heterocycles. The molecule has 1 unspecified atom stereocenters. The van der Waals surface area contributed by atoms with Crippen molar-refractivity contribution in [2.24, 2.45) is 0 Å². The molecule has 1 aromatic carbocycles. The van der Waals surface area contributed by atoms with E-state index in [1.54, 1.807) is 0 Å². The van der Waals surface area contributed by atoms with Crippen molar-refractivity contribution in [3.63, 3.8) is 0 Å². The molecule has 1 spiro atoms.